The fourth-order valence-corrected chi connectivity index (χ4v) is 5.36. The average Bonchev–Trinajstić information content (AvgIpc) is 3.15. The summed E-state index contributed by atoms with van der Waals surface area (Å²) in [7, 11) is -3.45. The van der Waals surface area contributed by atoms with Gasteiger partial charge in [0.25, 0.3) is 0 Å². The first kappa shape index (κ1) is 21.0. The van der Waals surface area contributed by atoms with E-state index in [-0.39, 0.29) is 0 Å². The molecule has 1 atom stereocenters. The number of pyridine rings is 1. The van der Waals surface area contributed by atoms with Crippen molar-refractivity contribution in [3.05, 3.63) is 65.6 Å². The zero-order valence-electron chi connectivity index (χ0n) is 18.0. The summed E-state index contributed by atoms with van der Waals surface area (Å²) in [6.45, 7) is 9.52. The SMILES string of the molecule is CC[C@H](C)c1ccc(S(=O)(=O)N2CCN(Cc3cn4cc(C)ccc4n3)CC2)cc1. The van der Waals surface area contributed by atoms with Crippen molar-refractivity contribution in [1.82, 2.24) is 18.6 Å². The summed E-state index contributed by atoms with van der Waals surface area (Å²) in [4.78, 5) is 7.34. The lowest BCUT2D eigenvalue weighted by atomic mass is 9.99. The predicted octanol–water partition coefficient (Wildman–Crippen LogP) is 3.66. The molecular formula is C23H30N4O2S. The summed E-state index contributed by atoms with van der Waals surface area (Å²) < 4.78 is 29.7. The number of rotatable bonds is 6. The number of aryl methyl sites for hydroxylation is 1. The third-order valence-electron chi connectivity index (χ3n) is 6.06. The number of benzene rings is 1. The number of hydrogen-bond acceptors (Lipinski definition) is 4. The Hall–Kier alpha value is -2.22. The van der Waals surface area contributed by atoms with E-state index in [1.807, 2.05) is 18.2 Å². The van der Waals surface area contributed by atoms with Crippen LogP contribution >= 0.6 is 0 Å². The highest BCUT2D eigenvalue weighted by Crippen LogP contribution is 2.23. The van der Waals surface area contributed by atoms with Crippen molar-refractivity contribution in [2.45, 2.75) is 44.6 Å². The number of nitrogens with zero attached hydrogens (tertiary/aromatic N) is 4. The fraction of sp³-hybridized carbons (Fsp3) is 0.435. The Morgan fingerprint density at radius 2 is 1.70 bits per heavy atom. The number of aromatic nitrogens is 2. The molecule has 0 aliphatic carbocycles. The van der Waals surface area contributed by atoms with Crippen molar-refractivity contribution < 1.29 is 8.42 Å². The van der Waals surface area contributed by atoms with Crippen LogP contribution in [0.2, 0.25) is 0 Å². The fourth-order valence-electron chi connectivity index (χ4n) is 3.94. The molecule has 0 saturated carbocycles. The van der Waals surface area contributed by atoms with E-state index in [1.165, 1.54) is 11.1 Å². The summed E-state index contributed by atoms with van der Waals surface area (Å²) in [6, 6.07) is 11.5. The van der Waals surface area contributed by atoms with Gasteiger partial charge in [0.05, 0.1) is 10.6 Å². The normalized spacial score (nSPS) is 17.4. The maximum atomic E-state index is 13.0. The molecule has 160 valence electrons. The minimum atomic E-state index is -3.45. The van der Waals surface area contributed by atoms with Gasteiger partial charge in [0.1, 0.15) is 5.65 Å². The first-order valence-electron chi connectivity index (χ1n) is 10.6. The van der Waals surface area contributed by atoms with Crippen LogP contribution in [0.5, 0.6) is 0 Å². The molecule has 0 unspecified atom stereocenters. The minimum Gasteiger partial charge on any atom is -0.307 e. The smallest absolute Gasteiger partial charge is 0.243 e. The van der Waals surface area contributed by atoms with Crippen LogP contribution in [0.3, 0.4) is 0 Å². The second kappa shape index (κ2) is 8.49. The second-order valence-electron chi connectivity index (χ2n) is 8.26. The van der Waals surface area contributed by atoms with Crippen molar-refractivity contribution in [1.29, 1.82) is 0 Å². The van der Waals surface area contributed by atoms with Gasteiger partial charge in [0, 0.05) is 45.1 Å². The van der Waals surface area contributed by atoms with Crippen LogP contribution < -0.4 is 0 Å². The third-order valence-corrected chi connectivity index (χ3v) is 7.98. The van der Waals surface area contributed by atoms with Gasteiger partial charge in [-0.3, -0.25) is 4.90 Å². The number of hydrogen-bond donors (Lipinski definition) is 0. The molecule has 2 aromatic heterocycles. The largest absolute Gasteiger partial charge is 0.307 e. The number of sulfonamides is 1. The van der Waals surface area contributed by atoms with Crippen molar-refractivity contribution in [2.75, 3.05) is 26.2 Å². The second-order valence-corrected chi connectivity index (χ2v) is 10.2. The molecule has 0 radical (unpaired) electrons. The van der Waals surface area contributed by atoms with Gasteiger partial charge in [-0.1, -0.05) is 32.0 Å². The van der Waals surface area contributed by atoms with E-state index < -0.39 is 10.0 Å². The highest BCUT2D eigenvalue weighted by Gasteiger charge is 2.28. The van der Waals surface area contributed by atoms with E-state index in [0.717, 1.165) is 24.3 Å². The van der Waals surface area contributed by atoms with Crippen molar-refractivity contribution in [3.63, 3.8) is 0 Å². The Kier molecular flexibility index (Phi) is 5.95. The molecule has 4 rings (SSSR count). The Balaban J connectivity index is 1.39. The molecule has 1 aliphatic rings. The van der Waals surface area contributed by atoms with E-state index >= 15 is 0 Å². The molecule has 0 spiro atoms. The molecular weight excluding hydrogens is 396 g/mol. The maximum absolute atomic E-state index is 13.0. The van der Waals surface area contributed by atoms with Crippen LogP contribution in [0, 0.1) is 6.92 Å². The Morgan fingerprint density at radius 1 is 1.00 bits per heavy atom. The summed E-state index contributed by atoms with van der Waals surface area (Å²) in [5.74, 6) is 0.439. The lowest BCUT2D eigenvalue weighted by molar-refractivity contribution is 0.180. The Morgan fingerprint density at radius 3 is 2.37 bits per heavy atom. The molecule has 1 aromatic carbocycles. The monoisotopic (exact) mass is 426 g/mol. The maximum Gasteiger partial charge on any atom is 0.243 e. The first-order valence-corrected chi connectivity index (χ1v) is 12.1. The van der Waals surface area contributed by atoms with E-state index in [2.05, 4.69) is 53.5 Å². The van der Waals surface area contributed by atoms with Crippen molar-refractivity contribution in [3.8, 4) is 0 Å². The van der Waals surface area contributed by atoms with Crippen LogP contribution in [0.15, 0.2) is 53.7 Å². The topological polar surface area (TPSA) is 57.9 Å². The minimum absolute atomic E-state index is 0.388. The molecule has 3 aromatic rings. The molecule has 1 aliphatic heterocycles. The third kappa shape index (κ3) is 4.29. The standard InChI is InChI=1S/C23H30N4O2S/c1-4-19(3)20-6-8-22(9-7-20)30(28,29)27-13-11-25(12-14-27)16-21-17-26-15-18(2)5-10-23(26)24-21/h5-10,15,17,19H,4,11-14,16H2,1-3H3/t19-/m0/s1. The van der Waals surface area contributed by atoms with E-state index in [1.54, 1.807) is 16.4 Å². The lowest BCUT2D eigenvalue weighted by Crippen LogP contribution is -2.48. The van der Waals surface area contributed by atoms with E-state index in [9.17, 15) is 8.42 Å². The quantitative estimate of drug-likeness (QED) is 0.604. The summed E-state index contributed by atoms with van der Waals surface area (Å²) in [6.07, 6.45) is 5.17. The first-order chi connectivity index (χ1) is 14.4. The van der Waals surface area contributed by atoms with Gasteiger partial charge < -0.3 is 4.40 Å². The van der Waals surface area contributed by atoms with Crippen LogP contribution in [-0.2, 0) is 16.6 Å². The highest BCUT2D eigenvalue weighted by molar-refractivity contribution is 7.89. The van der Waals surface area contributed by atoms with Gasteiger partial charge in [0.2, 0.25) is 10.0 Å². The zero-order valence-corrected chi connectivity index (χ0v) is 18.8. The molecule has 1 saturated heterocycles. The summed E-state index contributed by atoms with van der Waals surface area (Å²) >= 11 is 0. The lowest BCUT2D eigenvalue weighted by Gasteiger charge is -2.33. The summed E-state index contributed by atoms with van der Waals surface area (Å²) in [5.41, 5.74) is 4.33. The van der Waals surface area contributed by atoms with Gasteiger partial charge >= 0.3 is 0 Å². The molecule has 3 heterocycles. The molecule has 0 amide bonds. The number of piperazine rings is 1. The average molecular weight is 427 g/mol. The van der Waals surface area contributed by atoms with Crippen LogP contribution in [0.1, 0.15) is 43.0 Å². The van der Waals surface area contributed by atoms with Crippen LogP contribution in [-0.4, -0.2) is 53.2 Å². The zero-order chi connectivity index (χ0) is 21.3. The van der Waals surface area contributed by atoms with E-state index in [0.29, 0.717) is 37.0 Å². The van der Waals surface area contributed by atoms with Crippen LogP contribution in [0.25, 0.3) is 5.65 Å². The molecule has 0 bridgehead atoms. The highest BCUT2D eigenvalue weighted by atomic mass is 32.2. The van der Waals surface area contributed by atoms with Crippen molar-refractivity contribution >= 4 is 15.7 Å². The Bertz CT molecular complexity index is 1110. The molecule has 0 N–H and O–H groups in total. The van der Waals surface area contributed by atoms with Gasteiger partial charge in [0.15, 0.2) is 0 Å². The predicted molar refractivity (Wildman–Crippen MR) is 119 cm³/mol. The Labute approximate surface area is 179 Å². The number of imidazole rings is 1. The van der Waals surface area contributed by atoms with Gasteiger partial charge in [-0.05, 0) is 48.6 Å². The van der Waals surface area contributed by atoms with E-state index in [4.69, 9.17) is 0 Å². The van der Waals surface area contributed by atoms with Gasteiger partial charge in [-0.25, -0.2) is 13.4 Å². The molecule has 7 heteroatoms. The van der Waals surface area contributed by atoms with Crippen LogP contribution in [0.4, 0.5) is 0 Å². The molecule has 30 heavy (non-hydrogen) atoms. The molecule has 1 fully saturated rings. The number of fused-ring (bicyclic) bond motifs is 1. The van der Waals surface area contributed by atoms with Gasteiger partial charge in [-0.15, -0.1) is 0 Å². The summed E-state index contributed by atoms with van der Waals surface area (Å²) in [5, 5.41) is 0. The van der Waals surface area contributed by atoms with Crippen molar-refractivity contribution in [2.24, 2.45) is 0 Å². The van der Waals surface area contributed by atoms with Gasteiger partial charge in [-0.2, -0.15) is 4.31 Å². The molecule has 6 nitrogen and oxygen atoms in total.